The van der Waals surface area contributed by atoms with E-state index < -0.39 is 0 Å². The van der Waals surface area contributed by atoms with Gasteiger partial charge in [0.2, 0.25) is 5.91 Å². The first-order valence-electron chi connectivity index (χ1n) is 10.1. The van der Waals surface area contributed by atoms with Crippen molar-refractivity contribution in [3.8, 4) is 0 Å². The molecule has 138 valence electrons. The molecule has 4 aliphatic rings. The molecule has 3 aliphatic carbocycles. The number of carbonyl (C=O) groups excluding carboxylic acids is 1. The molecular formula is C25H22N2O. The molecule has 0 spiro atoms. The topological polar surface area (TPSA) is 32.3 Å². The monoisotopic (exact) mass is 366 g/mol. The van der Waals surface area contributed by atoms with Crippen molar-refractivity contribution in [3.63, 3.8) is 0 Å². The zero-order valence-corrected chi connectivity index (χ0v) is 15.7. The zero-order valence-electron chi connectivity index (χ0n) is 15.7. The number of nitrogens with one attached hydrogen (secondary N) is 1. The van der Waals surface area contributed by atoms with E-state index in [1.54, 1.807) is 0 Å². The van der Waals surface area contributed by atoms with Crippen LogP contribution in [0.1, 0.15) is 50.8 Å². The number of hydrogen-bond acceptors (Lipinski definition) is 2. The van der Waals surface area contributed by atoms with Gasteiger partial charge in [-0.15, -0.1) is 0 Å². The molecular weight excluding hydrogens is 344 g/mol. The third-order valence-corrected chi connectivity index (χ3v) is 6.53. The minimum Gasteiger partial charge on any atom is -0.354 e. The zero-order chi connectivity index (χ0) is 18.7. The molecule has 3 aromatic rings. The minimum absolute atomic E-state index is 0.131. The number of carbonyl (C=O) groups is 1. The van der Waals surface area contributed by atoms with Crippen molar-refractivity contribution in [1.82, 2.24) is 10.2 Å². The van der Waals surface area contributed by atoms with E-state index in [2.05, 4.69) is 76.9 Å². The van der Waals surface area contributed by atoms with Crippen LogP contribution < -0.4 is 5.32 Å². The lowest BCUT2D eigenvalue weighted by Crippen LogP contribution is -2.47. The lowest BCUT2D eigenvalue weighted by Gasteiger charge is -2.42. The van der Waals surface area contributed by atoms with Crippen molar-refractivity contribution in [2.45, 2.75) is 18.4 Å². The van der Waals surface area contributed by atoms with Crippen molar-refractivity contribution in [3.05, 3.63) is 106 Å². The van der Waals surface area contributed by atoms with Crippen LogP contribution in [0.5, 0.6) is 0 Å². The van der Waals surface area contributed by atoms with E-state index in [0.717, 1.165) is 19.6 Å². The normalized spacial score (nSPS) is 22.2. The third kappa shape index (κ3) is 2.29. The molecule has 3 aromatic carbocycles. The Balaban J connectivity index is 1.45. The first kappa shape index (κ1) is 16.1. The van der Waals surface area contributed by atoms with Gasteiger partial charge >= 0.3 is 0 Å². The molecule has 0 saturated carbocycles. The summed E-state index contributed by atoms with van der Waals surface area (Å²) in [5.74, 6) is 0.783. The Kier molecular flexibility index (Phi) is 3.47. The molecule has 0 unspecified atom stereocenters. The Labute approximate surface area is 165 Å². The quantitative estimate of drug-likeness (QED) is 0.518. The van der Waals surface area contributed by atoms with Gasteiger partial charge in [-0.25, -0.2) is 0 Å². The smallest absolute Gasteiger partial charge is 0.234 e. The van der Waals surface area contributed by atoms with Crippen molar-refractivity contribution in [2.75, 3.05) is 19.6 Å². The van der Waals surface area contributed by atoms with Gasteiger partial charge in [-0.2, -0.15) is 0 Å². The Hall–Kier alpha value is -2.91. The summed E-state index contributed by atoms with van der Waals surface area (Å²) in [4.78, 5) is 14.0. The van der Waals surface area contributed by atoms with Gasteiger partial charge in [-0.3, -0.25) is 9.69 Å². The summed E-state index contributed by atoms with van der Waals surface area (Å²) in [6, 6.07) is 24.8. The average molecular weight is 366 g/mol. The summed E-state index contributed by atoms with van der Waals surface area (Å²) in [5, 5.41) is 2.91. The van der Waals surface area contributed by atoms with E-state index in [4.69, 9.17) is 0 Å². The molecule has 1 amide bonds. The van der Waals surface area contributed by atoms with Crippen LogP contribution in [-0.2, 0) is 11.3 Å². The van der Waals surface area contributed by atoms with Gasteiger partial charge < -0.3 is 5.32 Å². The van der Waals surface area contributed by atoms with Crippen molar-refractivity contribution >= 4 is 5.91 Å². The van der Waals surface area contributed by atoms with Crippen LogP contribution in [0.3, 0.4) is 0 Å². The molecule has 1 saturated heterocycles. The number of hydrogen-bond donors (Lipinski definition) is 1. The minimum atomic E-state index is 0.131. The molecule has 1 aliphatic heterocycles. The summed E-state index contributed by atoms with van der Waals surface area (Å²) >= 11 is 0. The van der Waals surface area contributed by atoms with Gasteiger partial charge in [0.25, 0.3) is 0 Å². The second-order valence-corrected chi connectivity index (χ2v) is 8.15. The highest BCUT2D eigenvalue weighted by Gasteiger charge is 2.40. The van der Waals surface area contributed by atoms with Gasteiger partial charge in [0, 0.05) is 31.5 Å². The first-order chi connectivity index (χ1) is 13.8. The van der Waals surface area contributed by atoms with Crippen LogP contribution in [0.2, 0.25) is 0 Å². The van der Waals surface area contributed by atoms with E-state index in [0.29, 0.717) is 18.4 Å². The predicted octanol–water partition coefficient (Wildman–Crippen LogP) is 3.61. The van der Waals surface area contributed by atoms with Crippen LogP contribution in [0.4, 0.5) is 0 Å². The highest BCUT2D eigenvalue weighted by Crippen LogP contribution is 2.55. The molecule has 3 heteroatoms. The van der Waals surface area contributed by atoms with Gasteiger partial charge in [-0.1, -0.05) is 66.7 Å². The molecule has 3 nitrogen and oxygen atoms in total. The second-order valence-electron chi connectivity index (χ2n) is 8.15. The van der Waals surface area contributed by atoms with Gasteiger partial charge in [-0.05, 0) is 38.9 Å². The van der Waals surface area contributed by atoms with E-state index in [9.17, 15) is 4.79 Å². The Bertz CT molecular complexity index is 1060. The summed E-state index contributed by atoms with van der Waals surface area (Å²) < 4.78 is 0. The Morgan fingerprint density at radius 3 is 1.96 bits per heavy atom. The summed E-state index contributed by atoms with van der Waals surface area (Å²) in [7, 11) is 0. The SMILES string of the molecule is O=C1CN(Cc2ccc3c(c2)C2c4ccccc4C3c3ccccc32)CCN1. The maximum Gasteiger partial charge on any atom is 0.234 e. The molecule has 1 N–H and O–H groups in total. The van der Waals surface area contributed by atoms with Crippen molar-refractivity contribution in [2.24, 2.45) is 0 Å². The van der Waals surface area contributed by atoms with Crippen LogP contribution in [-0.4, -0.2) is 30.4 Å². The molecule has 7 rings (SSSR count). The standard InChI is InChI=1S/C25H22N2O/c28-23-15-27(12-11-26-23)14-16-9-10-21-22(13-16)25-19-7-3-1-5-17(19)24(21)18-6-2-4-8-20(18)25/h1-10,13,24-25H,11-12,14-15H2,(H,26,28). The van der Waals surface area contributed by atoms with Crippen LogP contribution in [0, 0.1) is 0 Å². The van der Waals surface area contributed by atoms with Gasteiger partial charge in [0.05, 0.1) is 6.54 Å². The average Bonchev–Trinajstić information content (AvgIpc) is 2.73. The van der Waals surface area contributed by atoms with Crippen molar-refractivity contribution < 1.29 is 4.79 Å². The van der Waals surface area contributed by atoms with Gasteiger partial charge in [0.1, 0.15) is 0 Å². The van der Waals surface area contributed by atoms with Crippen LogP contribution >= 0.6 is 0 Å². The summed E-state index contributed by atoms with van der Waals surface area (Å²) in [5.41, 5.74) is 10.0. The molecule has 28 heavy (non-hydrogen) atoms. The van der Waals surface area contributed by atoms with E-state index in [1.807, 2.05) is 0 Å². The Morgan fingerprint density at radius 1 is 0.786 bits per heavy atom. The maximum atomic E-state index is 11.7. The Morgan fingerprint density at radius 2 is 1.36 bits per heavy atom. The molecule has 1 fully saturated rings. The summed E-state index contributed by atoms with van der Waals surface area (Å²) in [6.07, 6.45) is 0. The van der Waals surface area contributed by atoms with E-state index >= 15 is 0 Å². The number of piperazine rings is 1. The maximum absolute atomic E-state index is 11.7. The van der Waals surface area contributed by atoms with Crippen molar-refractivity contribution in [1.29, 1.82) is 0 Å². The number of benzene rings is 3. The lowest BCUT2D eigenvalue weighted by molar-refractivity contribution is -0.124. The second kappa shape index (κ2) is 6.05. The van der Waals surface area contributed by atoms with Gasteiger partial charge in [0.15, 0.2) is 0 Å². The first-order valence-corrected chi connectivity index (χ1v) is 10.1. The highest BCUT2D eigenvalue weighted by atomic mass is 16.2. The number of nitrogens with zero attached hydrogens (tertiary/aromatic N) is 1. The molecule has 0 radical (unpaired) electrons. The summed E-state index contributed by atoms with van der Waals surface area (Å²) in [6.45, 7) is 2.99. The van der Waals surface area contributed by atoms with E-state index in [1.165, 1.54) is 38.9 Å². The fraction of sp³-hybridized carbons (Fsp3) is 0.240. The number of amides is 1. The molecule has 0 atom stereocenters. The fourth-order valence-electron chi connectivity index (χ4n) is 5.40. The fourth-order valence-corrected chi connectivity index (χ4v) is 5.40. The van der Waals surface area contributed by atoms with Crippen LogP contribution in [0.15, 0.2) is 66.7 Å². The highest BCUT2D eigenvalue weighted by molar-refractivity contribution is 5.78. The number of rotatable bonds is 2. The van der Waals surface area contributed by atoms with Crippen LogP contribution in [0.25, 0.3) is 0 Å². The predicted molar refractivity (Wildman–Crippen MR) is 110 cm³/mol. The molecule has 2 bridgehead atoms. The third-order valence-electron chi connectivity index (χ3n) is 6.53. The van der Waals surface area contributed by atoms with E-state index in [-0.39, 0.29) is 5.91 Å². The lowest BCUT2D eigenvalue weighted by atomic mass is 9.61. The molecule has 0 aromatic heterocycles. The largest absolute Gasteiger partial charge is 0.354 e. The molecule has 1 heterocycles.